The molecule has 11 amide bonds. The molecule has 2 aromatic carbocycles. The van der Waals surface area contributed by atoms with E-state index in [1.165, 1.54) is 12.5 Å². The number of nitrogens with one attached hydrogen (secondary N) is 10. The molecule has 2 aromatic heterocycles. The number of carbonyl (C=O) groups excluding carboxylic acids is 10. The van der Waals surface area contributed by atoms with Crippen LogP contribution in [0.25, 0.3) is 10.9 Å². The zero-order valence-corrected chi connectivity index (χ0v) is 43.6. The van der Waals surface area contributed by atoms with Crippen molar-refractivity contribution < 1.29 is 57.8 Å². The third kappa shape index (κ3) is 18.3. The number of amides is 11. The number of nitrogens with zero attached hydrogens (tertiary/aromatic N) is 3. The lowest BCUT2D eigenvalue weighted by molar-refractivity contribution is -0.138. The van der Waals surface area contributed by atoms with Gasteiger partial charge in [0.15, 0.2) is 5.96 Å². The first-order chi connectivity index (χ1) is 37.3. The summed E-state index contributed by atoms with van der Waals surface area (Å²) in [6, 6.07) is 4.66. The smallest absolute Gasteiger partial charge is 0.325 e. The summed E-state index contributed by atoms with van der Waals surface area (Å²) in [7, 11) is 0. The molecule has 28 nitrogen and oxygen atoms in total. The molecule has 0 unspecified atom stereocenters. The number of hydrogen-bond acceptors (Lipinski definition) is 15. The number of benzene rings is 2. The number of aliphatic imine (C=N–C) groups is 1. The Morgan fingerprint density at radius 2 is 1.22 bits per heavy atom. The molecule has 4 aromatic rings. The highest BCUT2D eigenvalue weighted by molar-refractivity contribution is 7.80. The number of hydrogen-bond donors (Lipinski definition) is 16. The number of imide groups is 1. The summed E-state index contributed by atoms with van der Waals surface area (Å²) < 4.78 is 0. The van der Waals surface area contributed by atoms with Crippen molar-refractivity contribution in [1.29, 1.82) is 0 Å². The number of fused-ring (bicyclic) bond motifs is 1. The Morgan fingerprint density at radius 1 is 0.667 bits per heavy atom. The summed E-state index contributed by atoms with van der Waals surface area (Å²) in [5.41, 5.74) is 18.8. The van der Waals surface area contributed by atoms with Gasteiger partial charge in [0.25, 0.3) is 5.91 Å². The number of aliphatic carboxylic acids is 1. The third-order valence-electron chi connectivity index (χ3n) is 12.0. The van der Waals surface area contributed by atoms with Crippen LogP contribution in [0.4, 0.5) is 4.79 Å². The van der Waals surface area contributed by atoms with Crippen molar-refractivity contribution in [3.63, 3.8) is 0 Å². The fraction of sp³-hybridized carbons (Fsp3) is 0.396. The number of rotatable bonds is 31. The molecule has 1 saturated heterocycles. The van der Waals surface area contributed by atoms with Gasteiger partial charge in [-0.1, -0.05) is 48.5 Å². The van der Waals surface area contributed by atoms with Gasteiger partial charge in [-0.2, -0.15) is 25.3 Å². The van der Waals surface area contributed by atoms with Gasteiger partial charge in [0.2, 0.25) is 47.3 Å². The maximum Gasteiger partial charge on any atom is 0.325 e. The largest absolute Gasteiger partial charge is 0.481 e. The zero-order valence-electron chi connectivity index (χ0n) is 41.9. The molecule has 0 spiro atoms. The molecule has 1 aliphatic rings. The van der Waals surface area contributed by atoms with Crippen LogP contribution in [0.3, 0.4) is 0 Å². The zero-order chi connectivity index (χ0) is 56.9. The highest BCUT2D eigenvalue weighted by atomic mass is 32.1. The Bertz CT molecular complexity index is 2810. The lowest BCUT2D eigenvalue weighted by Gasteiger charge is -2.28. The molecule has 5 rings (SSSR count). The van der Waals surface area contributed by atoms with Crippen LogP contribution in [0.1, 0.15) is 42.5 Å². The first kappa shape index (κ1) is 60.2. The van der Waals surface area contributed by atoms with Gasteiger partial charge in [-0.05, 0) is 36.5 Å². The van der Waals surface area contributed by atoms with Crippen LogP contribution in [-0.4, -0.2) is 170 Å². The molecule has 1 fully saturated rings. The second-order valence-corrected chi connectivity index (χ2v) is 18.5. The summed E-state index contributed by atoms with van der Waals surface area (Å²) in [6.45, 7) is -1.06. The van der Waals surface area contributed by atoms with E-state index < -0.39 is 127 Å². The molecule has 78 heavy (non-hydrogen) atoms. The number of guanidine groups is 1. The topological polar surface area (TPSA) is 442 Å². The van der Waals surface area contributed by atoms with Crippen LogP contribution >= 0.6 is 25.3 Å². The van der Waals surface area contributed by atoms with Gasteiger partial charge in [-0.25, -0.2) is 9.78 Å². The molecule has 418 valence electrons. The molecule has 1 aliphatic heterocycles. The van der Waals surface area contributed by atoms with Gasteiger partial charge in [-0.15, -0.1) is 0 Å². The minimum atomic E-state index is -1.65. The van der Waals surface area contributed by atoms with Gasteiger partial charge >= 0.3 is 12.0 Å². The maximum absolute atomic E-state index is 14.7. The number of H-pyrrole nitrogens is 2. The van der Waals surface area contributed by atoms with Crippen LogP contribution in [0.5, 0.6) is 0 Å². The highest BCUT2D eigenvalue weighted by Gasteiger charge is 2.36. The van der Waals surface area contributed by atoms with Gasteiger partial charge < -0.3 is 74.8 Å². The van der Waals surface area contributed by atoms with Crippen molar-refractivity contribution in [3.8, 4) is 0 Å². The van der Waals surface area contributed by atoms with Crippen molar-refractivity contribution >= 4 is 107 Å². The highest BCUT2D eigenvalue weighted by Crippen LogP contribution is 2.20. The second-order valence-electron chi connectivity index (χ2n) is 17.8. The molecule has 7 atom stereocenters. The quantitative estimate of drug-likeness (QED) is 0.00754. The lowest BCUT2D eigenvalue weighted by Crippen LogP contribution is -2.61. The van der Waals surface area contributed by atoms with Crippen molar-refractivity contribution in [1.82, 2.24) is 62.4 Å². The molecule has 17 N–H and O–H groups in total. The molecule has 0 saturated carbocycles. The van der Waals surface area contributed by atoms with E-state index in [1.807, 2.05) is 12.1 Å². The SMILES string of the molecule is NC(=O)[C@@H](CS)NC(=O)[C@H](Cc1c[nH]c2ccccc12)NC(=O)[C@@H](CCCN=C(N)N)NC(=O)[C@@H](Cc1ccccc1)NC(=O)[C@@H](Cc1cnc[nH]1)NC(=O)[C@H](CCC(=O)O)NC(=O)[C@@H](CS)NC(=O)CN1C(=O)CNC1=O. The average molecular weight is 1120 g/mol. The predicted molar refractivity (Wildman–Crippen MR) is 287 cm³/mol. The van der Waals surface area contributed by atoms with Crippen LogP contribution in [0.2, 0.25) is 0 Å². The third-order valence-corrected chi connectivity index (χ3v) is 12.8. The second kappa shape index (κ2) is 29.6. The Kier molecular flexibility index (Phi) is 22.8. The number of aromatic amines is 2. The minimum Gasteiger partial charge on any atom is -0.481 e. The van der Waals surface area contributed by atoms with Crippen LogP contribution in [-0.2, 0) is 67.2 Å². The van der Waals surface area contributed by atoms with E-state index >= 15 is 0 Å². The summed E-state index contributed by atoms with van der Waals surface area (Å²) in [4.78, 5) is 161. The van der Waals surface area contributed by atoms with Crippen LogP contribution in [0.15, 0.2) is 78.3 Å². The van der Waals surface area contributed by atoms with Gasteiger partial charge in [0.1, 0.15) is 48.8 Å². The number of carboxylic acid groups (broad SMARTS) is 1. The fourth-order valence-corrected chi connectivity index (χ4v) is 8.49. The number of primary amides is 1. The summed E-state index contributed by atoms with van der Waals surface area (Å²) in [6.07, 6.45) is 2.57. The van der Waals surface area contributed by atoms with Crippen molar-refractivity contribution in [2.45, 2.75) is 87.2 Å². The fourth-order valence-electron chi connectivity index (χ4n) is 7.96. The molecular formula is C48H62N16O12S2. The van der Waals surface area contributed by atoms with Gasteiger partial charge in [0.05, 0.1) is 12.9 Å². The van der Waals surface area contributed by atoms with E-state index in [4.69, 9.17) is 17.2 Å². The first-order valence-corrected chi connectivity index (χ1v) is 25.6. The Morgan fingerprint density at radius 3 is 1.78 bits per heavy atom. The van der Waals surface area contributed by atoms with Crippen molar-refractivity contribution in [2.24, 2.45) is 22.2 Å². The monoisotopic (exact) mass is 1120 g/mol. The van der Waals surface area contributed by atoms with Gasteiger partial charge in [0, 0.05) is 72.7 Å². The van der Waals surface area contributed by atoms with Crippen molar-refractivity contribution in [2.75, 3.05) is 31.1 Å². The minimum absolute atomic E-state index is 0.0153. The number of imidazole rings is 1. The number of aromatic nitrogens is 3. The van der Waals surface area contributed by atoms with Crippen LogP contribution < -0.4 is 59.7 Å². The summed E-state index contributed by atoms with van der Waals surface area (Å²) in [5.74, 6) is -10.2. The summed E-state index contributed by atoms with van der Waals surface area (Å²) >= 11 is 8.26. The van der Waals surface area contributed by atoms with E-state index in [1.54, 1.807) is 48.7 Å². The average Bonchev–Trinajstić information content (AvgIpc) is 4.17. The molecule has 0 aliphatic carbocycles. The predicted octanol–water partition coefficient (Wildman–Crippen LogP) is -3.87. The van der Waals surface area contributed by atoms with E-state index in [9.17, 15) is 57.8 Å². The number of thiol groups is 2. The normalized spacial score (nSPS) is 14.7. The van der Waals surface area contributed by atoms with Gasteiger partial charge in [-0.3, -0.25) is 57.8 Å². The number of para-hydroxylation sites is 1. The molecule has 0 radical (unpaired) electrons. The maximum atomic E-state index is 14.7. The number of urea groups is 1. The van der Waals surface area contributed by atoms with E-state index in [0.717, 1.165) is 10.9 Å². The molecule has 30 heteroatoms. The van der Waals surface area contributed by atoms with Crippen molar-refractivity contribution in [3.05, 3.63) is 90.1 Å². The van der Waals surface area contributed by atoms with Crippen LogP contribution in [0, 0.1) is 0 Å². The number of carbonyl (C=O) groups is 11. The number of nitrogens with two attached hydrogens (primary N) is 3. The standard InChI is InChI=1S/C48H62N16O12S2/c49-40(69)35(22-77)63-44(73)33(16-26-18-54-29-10-5-4-9-28(26)29)61-41(70)30(11-6-14-53-47(50)51)58-43(72)32(15-25-7-2-1-3-8-25)60-45(74)34(17-27-19-52-24-56-27)62-42(71)31(12-13-39(67)68)59-46(75)36(23-78)57-37(65)21-64-38(66)20-55-48(64)76/h1-5,7-10,18-19,24,30-36,54,77-78H,6,11-17,20-23H2,(H2,49,69)(H,52,56)(H,55,76)(H,57,65)(H,58,72)(H,59,75)(H,60,74)(H,61,70)(H,62,71)(H,63,73)(H,67,68)(H4,50,51,53)/t30-,31+,32-,33+,34-,35-,36-/m1/s1. The Balaban J connectivity index is 1.41. The lowest BCUT2D eigenvalue weighted by atomic mass is 10.0. The summed E-state index contributed by atoms with van der Waals surface area (Å²) in [5, 5.41) is 30.4. The van der Waals surface area contributed by atoms with E-state index in [0.29, 0.717) is 21.7 Å². The number of carboxylic acids is 1. The molecule has 0 bridgehead atoms. The Hall–Kier alpha value is -8.67. The first-order valence-electron chi connectivity index (χ1n) is 24.3. The molecule has 3 heterocycles. The molecular weight excluding hydrogens is 1060 g/mol. The Labute approximate surface area is 456 Å². The van der Waals surface area contributed by atoms with E-state index in [2.05, 4.69) is 87.7 Å². The van der Waals surface area contributed by atoms with E-state index in [-0.39, 0.29) is 62.7 Å².